The minimum atomic E-state index is 0.476. The summed E-state index contributed by atoms with van der Waals surface area (Å²) < 4.78 is 1.85. The molecule has 15 heavy (non-hydrogen) atoms. The molecule has 0 saturated carbocycles. The molecule has 0 spiro atoms. The van der Waals surface area contributed by atoms with Gasteiger partial charge in [-0.15, -0.1) is 0 Å². The molecule has 4 heteroatoms. The van der Waals surface area contributed by atoms with Crippen molar-refractivity contribution >= 4 is 5.82 Å². The summed E-state index contributed by atoms with van der Waals surface area (Å²) in [5.41, 5.74) is 7.69. The molecule has 78 valence electrons. The Kier molecular flexibility index (Phi) is 2.69. The average Bonchev–Trinajstić information content (AvgIpc) is 2.73. The maximum absolute atomic E-state index is 5.67. The van der Waals surface area contributed by atoms with Gasteiger partial charge < -0.3 is 11.1 Å². The second-order valence-electron chi connectivity index (χ2n) is 3.22. The first-order chi connectivity index (χ1) is 7.35. The largest absolute Gasteiger partial charge is 0.372 e. The van der Waals surface area contributed by atoms with Gasteiger partial charge in [0.25, 0.3) is 0 Å². The summed E-state index contributed by atoms with van der Waals surface area (Å²) in [7, 11) is 1.85. The average molecular weight is 202 g/mol. The molecule has 0 atom stereocenters. The van der Waals surface area contributed by atoms with E-state index in [1.165, 1.54) is 0 Å². The molecule has 2 aromatic rings. The number of nitrogens with one attached hydrogen (secondary N) is 1. The minimum absolute atomic E-state index is 0.476. The highest BCUT2D eigenvalue weighted by Crippen LogP contribution is 2.14. The maximum Gasteiger partial charge on any atom is 0.148 e. The molecule has 0 aliphatic carbocycles. The van der Waals surface area contributed by atoms with Gasteiger partial charge in [-0.05, 0) is 12.1 Å². The monoisotopic (exact) mass is 202 g/mol. The van der Waals surface area contributed by atoms with Crippen molar-refractivity contribution in [3.05, 3.63) is 42.1 Å². The number of nitrogens with zero attached hydrogens (tertiary/aromatic N) is 2. The molecule has 1 heterocycles. The molecule has 1 aromatic carbocycles. The second kappa shape index (κ2) is 4.14. The third-order valence-electron chi connectivity index (χ3n) is 2.25. The van der Waals surface area contributed by atoms with Crippen LogP contribution in [-0.4, -0.2) is 16.8 Å². The number of aromatic nitrogens is 2. The van der Waals surface area contributed by atoms with Gasteiger partial charge in [-0.3, -0.25) is 0 Å². The molecule has 0 amide bonds. The smallest absolute Gasteiger partial charge is 0.148 e. The Morgan fingerprint density at radius 2 is 2.07 bits per heavy atom. The van der Waals surface area contributed by atoms with Gasteiger partial charge >= 0.3 is 0 Å². The zero-order chi connectivity index (χ0) is 10.7. The lowest BCUT2D eigenvalue weighted by molar-refractivity contribution is 0.805. The summed E-state index contributed by atoms with van der Waals surface area (Å²) >= 11 is 0. The van der Waals surface area contributed by atoms with Crippen molar-refractivity contribution in [2.45, 2.75) is 6.54 Å². The third-order valence-corrected chi connectivity index (χ3v) is 2.25. The summed E-state index contributed by atoms with van der Waals surface area (Å²) in [6, 6.07) is 11.9. The fourth-order valence-corrected chi connectivity index (χ4v) is 1.48. The Hall–Kier alpha value is -1.81. The highest BCUT2D eigenvalue weighted by atomic mass is 15.3. The number of rotatable bonds is 3. The van der Waals surface area contributed by atoms with Gasteiger partial charge in [0.05, 0.1) is 11.4 Å². The number of anilines is 1. The van der Waals surface area contributed by atoms with E-state index in [1.54, 1.807) is 0 Å². The maximum atomic E-state index is 5.67. The normalized spacial score (nSPS) is 10.3. The molecule has 0 aliphatic heterocycles. The molecule has 0 aliphatic rings. The van der Waals surface area contributed by atoms with E-state index in [0.29, 0.717) is 6.54 Å². The lowest BCUT2D eigenvalue weighted by Crippen LogP contribution is -2.06. The van der Waals surface area contributed by atoms with Crippen LogP contribution in [0.15, 0.2) is 36.4 Å². The van der Waals surface area contributed by atoms with Crippen molar-refractivity contribution in [2.75, 3.05) is 12.4 Å². The van der Waals surface area contributed by atoms with Crippen LogP contribution in [0.2, 0.25) is 0 Å². The number of nitrogens with two attached hydrogens (primary N) is 1. The van der Waals surface area contributed by atoms with Gasteiger partial charge in [-0.2, -0.15) is 5.10 Å². The van der Waals surface area contributed by atoms with E-state index in [9.17, 15) is 0 Å². The van der Waals surface area contributed by atoms with Gasteiger partial charge in [-0.25, -0.2) is 4.68 Å². The van der Waals surface area contributed by atoms with Crippen molar-refractivity contribution in [1.82, 2.24) is 9.78 Å². The second-order valence-corrected chi connectivity index (χ2v) is 3.22. The molecule has 4 nitrogen and oxygen atoms in total. The third kappa shape index (κ3) is 1.85. The number of hydrogen-bond donors (Lipinski definition) is 2. The highest BCUT2D eigenvalue weighted by molar-refractivity contribution is 5.41. The zero-order valence-corrected chi connectivity index (χ0v) is 8.64. The molecule has 1 aromatic heterocycles. The highest BCUT2D eigenvalue weighted by Gasteiger charge is 2.06. The first-order valence-corrected chi connectivity index (χ1v) is 4.87. The molecule has 0 bridgehead atoms. The van der Waals surface area contributed by atoms with Crippen LogP contribution in [0.1, 0.15) is 5.69 Å². The predicted octanol–water partition coefficient (Wildman–Crippen LogP) is 1.37. The first-order valence-electron chi connectivity index (χ1n) is 4.87. The Balaban J connectivity index is 2.47. The lowest BCUT2D eigenvalue weighted by Gasteiger charge is -2.04. The van der Waals surface area contributed by atoms with Crippen LogP contribution in [0.5, 0.6) is 0 Å². The van der Waals surface area contributed by atoms with Crippen molar-refractivity contribution in [1.29, 1.82) is 0 Å². The van der Waals surface area contributed by atoms with E-state index in [0.717, 1.165) is 17.2 Å². The van der Waals surface area contributed by atoms with Crippen molar-refractivity contribution < 1.29 is 0 Å². The Bertz CT molecular complexity index is 433. The predicted molar refractivity (Wildman–Crippen MR) is 61.0 cm³/mol. The van der Waals surface area contributed by atoms with E-state index >= 15 is 0 Å². The Morgan fingerprint density at radius 1 is 1.33 bits per heavy atom. The van der Waals surface area contributed by atoms with E-state index < -0.39 is 0 Å². The van der Waals surface area contributed by atoms with Crippen LogP contribution in [0.4, 0.5) is 5.82 Å². The number of benzene rings is 1. The molecule has 3 N–H and O–H groups in total. The quantitative estimate of drug-likeness (QED) is 0.790. The van der Waals surface area contributed by atoms with Crippen LogP contribution in [0, 0.1) is 0 Å². The van der Waals surface area contributed by atoms with Crippen LogP contribution in [0.25, 0.3) is 5.69 Å². The van der Waals surface area contributed by atoms with Gasteiger partial charge in [0.2, 0.25) is 0 Å². The SMILES string of the molecule is CNc1cc(CN)n(-c2ccccc2)n1. The molecule has 0 saturated heterocycles. The summed E-state index contributed by atoms with van der Waals surface area (Å²) in [6.45, 7) is 0.476. The van der Waals surface area contributed by atoms with E-state index in [2.05, 4.69) is 10.4 Å². The fourth-order valence-electron chi connectivity index (χ4n) is 1.48. The standard InChI is InChI=1S/C11H14N4/c1-13-11-7-10(8-12)15(14-11)9-5-3-2-4-6-9/h2-7H,8,12H2,1H3,(H,13,14). The van der Waals surface area contributed by atoms with E-state index in [1.807, 2.05) is 48.1 Å². The number of hydrogen-bond acceptors (Lipinski definition) is 3. The summed E-state index contributed by atoms with van der Waals surface area (Å²) in [4.78, 5) is 0. The lowest BCUT2D eigenvalue weighted by atomic mass is 10.3. The molecule has 0 fully saturated rings. The van der Waals surface area contributed by atoms with Gasteiger partial charge in [0.1, 0.15) is 5.82 Å². The Morgan fingerprint density at radius 3 is 2.67 bits per heavy atom. The van der Waals surface area contributed by atoms with Crippen LogP contribution in [0.3, 0.4) is 0 Å². The van der Waals surface area contributed by atoms with Crippen molar-refractivity contribution in [3.8, 4) is 5.69 Å². The minimum Gasteiger partial charge on any atom is -0.372 e. The summed E-state index contributed by atoms with van der Waals surface area (Å²) in [6.07, 6.45) is 0. The first kappa shape index (κ1) is 9.73. The van der Waals surface area contributed by atoms with Gasteiger partial charge in [0, 0.05) is 19.7 Å². The molecule has 2 rings (SSSR count). The fraction of sp³-hybridized carbons (Fsp3) is 0.182. The van der Waals surface area contributed by atoms with Crippen molar-refractivity contribution in [2.24, 2.45) is 5.73 Å². The van der Waals surface area contributed by atoms with E-state index in [4.69, 9.17) is 5.73 Å². The van der Waals surface area contributed by atoms with Crippen molar-refractivity contribution in [3.63, 3.8) is 0 Å². The molecular weight excluding hydrogens is 188 g/mol. The van der Waals surface area contributed by atoms with Crippen LogP contribution >= 0.6 is 0 Å². The molecule has 0 unspecified atom stereocenters. The van der Waals surface area contributed by atoms with Crippen LogP contribution in [-0.2, 0) is 6.54 Å². The topological polar surface area (TPSA) is 55.9 Å². The zero-order valence-electron chi connectivity index (χ0n) is 8.64. The van der Waals surface area contributed by atoms with Gasteiger partial charge in [0.15, 0.2) is 0 Å². The number of para-hydroxylation sites is 1. The van der Waals surface area contributed by atoms with Gasteiger partial charge in [-0.1, -0.05) is 18.2 Å². The molecular formula is C11H14N4. The van der Waals surface area contributed by atoms with Crippen LogP contribution < -0.4 is 11.1 Å². The molecule has 0 radical (unpaired) electrons. The summed E-state index contributed by atoms with van der Waals surface area (Å²) in [5.74, 6) is 0.833. The summed E-state index contributed by atoms with van der Waals surface area (Å²) in [5, 5.41) is 7.40. The Labute approximate surface area is 88.7 Å². The van der Waals surface area contributed by atoms with E-state index in [-0.39, 0.29) is 0 Å².